The van der Waals surface area contributed by atoms with Crippen molar-refractivity contribution >= 4 is 11.8 Å². The van der Waals surface area contributed by atoms with E-state index in [-0.39, 0.29) is 17.0 Å². The van der Waals surface area contributed by atoms with Crippen molar-refractivity contribution in [1.29, 1.82) is 0 Å². The molecule has 112 valence electrons. The van der Waals surface area contributed by atoms with Crippen LogP contribution in [0.3, 0.4) is 0 Å². The van der Waals surface area contributed by atoms with Crippen molar-refractivity contribution in [2.24, 2.45) is 7.05 Å². The number of rotatable bonds is 4. The fraction of sp³-hybridized carbons (Fsp3) is 0.105. The maximum atomic E-state index is 2.20. The minimum atomic E-state index is 0. The molecule has 1 heterocycles. The highest BCUT2D eigenvalue weighted by atomic mass is 79.9. The van der Waals surface area contributed by atoms with E-state index in [1.165, 1.54) is 16.2 Å². The summed E-state index contributed by atoms with van der Waals surface area (Å²) in [5.74, 6) is 0. The van der Waals surface area contributed by atoms with E-state index in [0.717, 1.165) is 0 Å². The first-order valence-electron chi connectivity index (χ1n) is 7.06. The number of aromatic nitrogens is 1. The lowest BCUT2D eigenvalue weighted by molar-refractivity contribution is -0.708. The molecular formula is C19H18BrNS. The standard InChI is InChI=1S/C19H18NS.BrH/c1-20-15-9-8-14-18(20)21-19(16-10-4-2-5-11-16)17-12-6-3-7-13-17;/h2-15,19H,1H3;1H/q+1;/p-1. The molecule has 0 fully saturated rings. The van der Waals surface area contributed by atoms with Crippen molar-refractivity contribution in [2.75, 3.05) is 0 Å². The number of hydrogen-bond donors (Lipinski definition) is 0. The van der Waals surface area contributed by atoms with Gasteiger partial charge in [0.15, 0.2) is 6.20 Å². The summed E-state index contributed by atoms with van der Waals surface area (Å²) in [7, 11) is 2.09. The maximum absolute atomic E-state index is 2.20. The van der Waals surface area contributed by atoms with Gasteiger partial charge in [0.25, 0.3) is 0 Å². The van der Waals surface area contributed by atoms with Crippen molar-refractivity contribution < 1.29 is 21.5 Å². The minimum Gasteiger partial charge on any atom is -1.00 e. The van der Waals surface area contributed by atoms with Crippen LogP contribution >= 0.6 is 11.8 Å². The number of aryl methyl sites for hydroxylation is 1. The number of thioether (sulfide) groups is 1. The number of pyridine rings is 1. The van der Waals surface area contributed by atoms with Crippen LogP contribution < -0.4 is 21.5 Å². The van der Waals surface area contributed by atoms with Gasteiger partial charge in [-0.1, -0.05) is 60.7 Å². The van der Waals surface area contributed by atoms with Crippen LogP contribution in [0.4, 0.5) is 0 Å². The van der Waals surface area contributed by atoms with Gasteiger partial charge in [0, 0.05) is 12.1 Å². The third-order valence-corrected chi connectivity index (χ3v) is 4.90. The van der Waals surface area contributed by atoms with E-state index >= 15 is 0 Å². The molecule has 3 heteroatoms. The first-order chi connectivity index (χ1) is 10.3. The van der Waals surface area contributed by atoms with Crippen LogP contribution in [0.25, 0.3) is 0 Å². The molecule has 0 radical (unpaired) electrons. The van der Waals surface area contributed by atoms with Gasteiger partial charge in [0.1, 0.15) is 7.05 Å². The van der Waals surface area contributed by atoms with Crippen molar-refractivity contribution in [2.45, 2.75) is 10.3 Å². The predicted octanol–water partition coefficient (Wildman–Crippen LogP) is 1.40. The smallest absolute Gasteiger partial charge is 0.240 e. The van der Waals surface area contributed by atoms with E-state index in [0.29, 0.717) is 5.25 Å². The van der Waals surface area contributed by atoms with E-state index in [9.17, 15) is 0 Å². The first kappa shape index (κ1) is 16.8. The second-order valence-corrected chi connectivity index (χ2v) is 6.09. The van der Waals surface area contributed by atoms with Gasteiger partial charge in [0.2, 0.25) is 5.03 Å². The summed E-state index contributed by atoms with van der Waals surface area (Å²) in [5.41, 5.74) is 2.66. The summed E-state index contributed by atoms with van der Waals surface area (Å²) in [4.78, 5) is 0. The van der Waals surface area contributed by atoms with Crippen LogP contribution in [-0.2, 0) is 7.05 Å². The van der Waals surface area contributed by atoms with Gasteiger partial charge in [-0.15, -0.1) is 0 Å². The van der Waals surface area contributed by atoms with Gasteiger partial charge in [-0.3, -0.25) is 0 Å². The second kappa shape index (κ2) is 8.16. The summed E-state index contributed by atoms with van der Waals surface area (Å²) >= 11 is 1.88. The lowest BCUT2D eigenvalue weighted by Gasteiger charge is -2.16. The van der Waals surface area contributed by atoms with Crippen molar-refractivity contribution in [3.8, 4) is 0 Å². The van der Waals surface area contributed by atoms with Crippen molar-refractivity contribution in [3.05, 3.63) is 96.2 Å². The molecule has 0 saturated carbocycles. The quantitative estimate of drug-likeness (QED) is 0.495. The highest BCUT2D eigenvalue weighted by Crippen LogP contribution is 2.38. The minimum absolute atomic E-state index is 0. The zero-order chi connectivity index (χ0) is 14.5. The molecule has 0 aliphatic carbocycles. The third-order valence-electron chi connectivity index (χ3n) is 3.45. The Hall–Kier alpha value is -1.58. The number of hydrogen-bond acceptors (Lipinski definition) is 1. The summed E-state index contributed by atoms with van der Waals surface area (Å²) < 4.78 is 2.17. The Morgan fingerprint density at radius 3 is 1.73 bits per heavy atom. The second-order valence-electron chi connectivity index (χ2n) is 4.97. The average molecular weight is 372 g/mol. The summed E-state index contributed by atoms with van der Waals surface area (Å²) in [6.45, 7) is 0. The topological polar surface area (TPSA) is 3.88 Å². The fourth-order valence-electron chi connectivity index (χ4n) is 2.34. The summed E-state index contributed by atoms with van der Waals surface area (Å²) in [6, 6.07) is 27.7. The van der Waals surface area contributed by atoms with Crippen LogP contribution in [-0.4, -0.2) is 0 Å². The first-order valence-corrected chi connectivity index (χ1v) is 7.94. The van der Waals surface area contributed by atoms with E-state index in [2.05, 4.69) is 96.7 Å². The Morgan fingerprint density at radius 2 is 1.23 bits per heavy atom. The van der Waals surface area contributed by atoms with Gasteiger partial charge in [-0.2, -0.15) is 4.57 Å². The Labute approximate surface area is 146 Å². The summed E-state index contributed by atoms with van der Waals surface area (Å²) in [5, 5.41) is 1.57. The lowest BCUT2D eigenvalue weighted by Crippen LogP contribution is -3.00. The SMILES string of the molecule is C[n+]1ccccc1SC(c1ccccc1)c1ccccc1.[Br-]. The molecule has 0 atom stereocenters. The molecule has 0 unspecified atom stereocenters. The van der Waals surface area contributed by atoms with Crippen molar-refractivity contribution in [1.82, 2.24) is 0 Å². The maximum Gasteiger partial charge on any atom is 0.240 e. The van der Waals surface area contributed by atoms with E-state index < -0.39 is 0 Å². The van der Waals surface area contributed by atoms with E-state index in [1.807, 2.05) is 11.8 Å². The highest BCUT2D eigenvalue weighted by molar-refractivity contribution is 7.99. The molecule has 3 aromatic rings. The van der Waals surface area contributed by atoms with Crippen LogP contribution in [0, 0.1) is 0 Å². The Kier molecular flexibility index (Phi) is 6.22. The molecule has 0 spiro atoms. The molecule has 22 heavy (non-hydrogen) atoms. The Balaban J connectivity index is 0.00000176. The molecule has 0 aliphatic heterocycles. The van der Waals surface area contributed by atoms with E-state index in [1.54, 1.807) is 0 Å². The molecular weight excluding hydrogens is 354 g/mol. The molecule has 1 nitrogen and oxygen atoms in total. The molecule has 3 rings (SSSR count). The molecule has 0 N–H and O–H groups in total. The van der Waals surface area contributed by atoms with Gasteiger partial charge in [-0.25, -0.2) is 0 Å². The molecule has 0 amide bonds. The van der Waals surface area contributed by atoms with Crippen LogP contribution in [0.1, 0.15) is 16.4 Å². The monoisotopic (exact) mass is 371 g/mol. The highest BCUT2D eigenvalue weighted by Gasteiger charge is 2.19. The van der Waals surface area contributed by atoms with Gasteiger partial charge >= 0.3 is 0 Å². The molecule has 1 aromatic heterocycles. The molecule has 0 saturated heterocycles. The zero-order valence-electron chi connectivity index (χ0n) is 12.4. The van der Waals surface area contributed by atoms with Gasteiger partial charge < -0.3 is 17.0 Å². The van der Waals surface area contributed by atoms with Crippen LogP contribution in [0.15, 0.2) is 90.1 Å². The number of nitrogens with zero attached hydrogens (tertiary/aromatic N) is 1. The largest absolute Gasteiger partial charge is 1.00 e. The van der Waals surface area contributed by atoms with E-state index in [4.69, 9.17) is 0 Å². The molecule has 0 bridgehead atoms. The normalized spacial score (nSPS) is 10.3. The third kappa shape index (κ3) is 3.99. The van der Waals surface area contributed by atoms with Gasteiger partial charge in [-0.05, 0) is 29.0 Å². The van der Waals surface area contributed by atoms with Crippen LogP contribution in [0.2, 0.25) is 0 Å². The summed E-state index contributed by atoms with van der Waals surface area (Å²) in [6.07, 6.45) is 2.09. The zero-order valence-corrected chi connectivity index (χ0v) is 14.8. The lowest BCUT2D eigenvalue weighted by atomic mass is 10.0. The Bertz CT molecular complexity index is 661. The molecule has 2 aromatic carbocycles. The number of halogens is 1. The fourth-order valence-corrected chi connectivity index (χ4v) is 3.55. The predicted molar refractivity (Wildman–Crippen MR) is 88.2 cm³/mol. The van der Waals surface area contributed by atoms with Crippen molar-refractivity contribution in [3.63, 3.8) is 0 Å². The number of benzene rings is 2. The van der Waals surface area contributed by atoms with Crippen LogP contribution in [0.5, 0.6) is 0 Å². The average Bonchev–Trinajstić information content (AvgIpc) is 2.56. The van der Waals surface area contributed by atoms with Gasteiger partial charge in [0.05, 0.1) is 5.25 Å². The Morgan fingerprint density at radius 1 is 0.727 bits per heavy atom. The molecule has 0 aliphatic rings.